The fourth-order valence-electron chi connectivity index (χ4n) is 3.64. The van der Waals surface area contributed by atoms with Crippen molar-refractivity contribution in [3.05, 3.63) is 77.2 Å². The highest BCUT2D eigenvalue weighted by Crippen LogP contribution is 2.46. The van der Waals surface area contributed by atoms with Crippen LogP contribution < -0.4 is 10.6 Å². The van der Waals surface area contributed by atoms with Gasteiger partial charge in [0.15, 0.2) is 5.82 Å². The van der Waals surface area contributed by atoms with Crippen LogP contribution in [-0.4, -0.2) is 33.1 Å². The number of aliphatic hydroxyl groups is 1. The highest BCUT2D eigenvalue weighted by atomic mass is 19.1. The highest BCUT2D eigenvalue weighted by molar-refractivity contribution is 5.95. The number of aliphatic hydroxyl groups excluding tert-OH is 1. The van der Waals surface area contributed by atoms with Crippen molar-refractivity contribution >= 4 is 11.9 Å². The molecule has 1 saturated carbocycles. The molecule has 1 fully saturated rings. The SMILES string of the molecule is Cc1cccc(C2(NC(=O)c3ccc(-c4nc(NC(C)C)ncc4F)cc3)C[C@@H]2O)c1. The van der Waals surface area contributed by atoms with Gasteiger partial charge >= 0.3 is 0 Å². The van der Waals surface area contributed by atoms with Gasteiger partial charge in [0.25, 0.3) is 5.91 Å². The fraction of sp³-hybridized carbons (Fsp3) is 0.292. The molecular formula is C24H25FN4O2. The Morgan fingerprint density at radius 2 is 1.94 bits per heavy atom. The van der Waals surface area contributed by atoms with E-state index in [1.807, 2.05) is 45.0 Å². The van der Waals surface area contributed by atoms with Crippen molar-refractivity contribution in [2.45, 2.75) is 44.9 Å². The molecule has 1 amide bonds. The minimum absolute atomic E-state index is 0.114. The van der Waals surface area contributed by atoms with Crippen molar-refractivity contribution < 1.29 is 14.3 Å². The normalized spacial score (nSPS) is 19.9. The Morgan fingerprint density at radius 1 is 1.23 bits per heavy atom. The number of carbonyl (C=O) groups is 1. The summed E-state index contributed by atoms with van der Waals surface area (Å²) < 4.78 is 14.3. The lowest BCUT2D eigenvalue weighted by Gasteiger charge is -2.19. The number of carbonyl (C=O) groups excluding carboxylic acids is 1. The maximum absolute atomic E-state index is 14.3. The van der Waals surface area contributed by atoms with Gasteiger partial charge in [-0.15, -0.1) is 0 Å². The molecule has 0 bridgehead atoms. The number of benzene rings is 2. The third-order valence-electron chi connectivity index (χ3n) is 5.38. The molecule has 0 spiro atoms. The van der Waals surface area contributed by atoms with E-state index in [-0.39, 0.29) is 17.6 Å². The van der Waals surface area contributed by atoms with Crippen LogP contribution in [0.3, 0.4) is 0 Å². The molecule has 0 aliphatic heterocycles. The minimum atomic E-state index is -0.766. The summed E-state index contributed by atoms with van der Waals surface area (Å²) >= 11 is 0. The number of rotatable bonds is 6. The molecule has 4 rings (SSSR count). The second kappa shape index (κ2) is 8.07. The second-order valence-electron chi connectivity index (χ2n) is 8.28. The fourth-order valence-corrected chi connectivity index (χ4v) is 3.64. The molecule has 3 N–H and O–H groups in total. The van der Waals surface area contributed by atoms with E-state index >= 15 is 0 Å². The lowest BCUT2D eigenvalue weighted by molar-refractivity contribution is 0.0912. The first-order valence-corrected chi connectivity index (χ1v) is 10.3. The minimum Gasteiger partial charge on any atom is -0.390 e. The number of nitrogens with one attached hydrogen (secondary N) is 2. The van der Waals surface area contributed by atoms with Crippen LogP contribution in [0.15, 0.2) is 54.7 Å². The molecule has 1 aromatic heterocycles. The number of aromatic nitrogens is 2. The molecule has 7 heteroatoms. The van der Waals surface area contributed by atoms with Crippen molar-refractivity contribution in [3.8, 4) is 11.3 Å². The number of nitrogens with zero attached hydrogens (tertiary/aromatic N) is 2. The lowest BCUT2D eigenvalue weighted by atomic mass is 10.0. The Hall–Kier alpha value is -3.32. The monoisotopic (exact) mass is 420 g/mol. The van der Waals surface area contributed by atoms with E-state index < -0.39 is 17.5 Å². The van der Waals surface area contributed by atoms with Crippen LogP contribution in [0.2, 0.25) is 0 Å². The van der Waals surface area contributed by atoms with E-state index in [1.54, 1.807) is 24.3 Å². The van der Waals surface area contributed by atoms with Crippen molar-refractivity contribution in [3.63, 3.8) is 0 Å². The van der Waals surface area contributed by atoms with Crippen LogP contribution in [0, 0.1) is 12.7 Å². The van der Waals surface area contributed by atoms with Crippen LogP contribution in [-0.2, 0) is 5.54 Å². The Labute approximate surface area is 180 Å². The molecule has 0 saturated heterocycles. The topological polar surface area (TPSA) is 87.1 Å². The van der Waals surface area contributed by atoms with E-state index in [9.17, 15) is 14.3 Å². The summed E-state index contributed by atoms with van der Waals surface area (Å²) in [6.45, 7) is 5.86. The average Bonchev–Trinajstić information content (AvgIpc) is 3.39. The van der Waals surface area contributed by atoms with E-state index in [0.717, 1.165) is 17.3 Å². The van der Waals surface area contributed by atoms with Gasteiger partial charge in [0.05, 0.1) is 17.8 Å². The van der Waals surface area contributed by atoms with Crippen LogP contribution in [0.5, 0.6) is 0 Å². The Bertz CT molecular complexity index is 1120. The predicted molar refractivity (Wildman–Crippen MR) is 117 cm³/mol. The highest BCUT2D eigenvalue weighted by Gasteiger charge is 2.56. The maximum Gasteiger partial charge on any atom is 0.252 e. The van der Waals surface area contributed by atoms with E-state index in [1.165, 1.54) is 0 Å². The van der Waals surface area contributed by atoms with Crippen molar-refractivity contribution in [2.24, 2.45) is 0 Å². The van der Waals surface area contributed by atoms with Crippen molar-refractivity contribution in [2.75, 3.05) is 5.32 Å². The molecule has 1 unspecified atom stereocenters. The molecule has 6 nitrogen and oxygen atoms in total. The predicted octanol–water partition coefficient (Wildman–Crippen LogP) is 3.80. The first kappa shape index (κ1) is 20.9. The van der Waals surface area contributed by atoms with Gasteiger partial charge in [-0.25, -0.2) is 14.4 Å². The molecule has 160 valence electrons. The smallest absolute Gasteiger partial charge is 0.252 e. The van der Waals surface area contributed by atoms with E-state index in [0.29, 0.717) is 23.5 Å². The lowest BCUT2D eigenvalue weighted by Crippen LogP contribution is -2.37. The molecule has 2 aromatic carbocycles. The Morgan fingerprint density at radius 3 is 2.55 bits per heavy atom. The van der Waals surface area contributed by atoms with Gasteiger partial charge in [-0.2, -0.15) is 0 Å². The molecule has 0 radical (unpaired) electrons. The standard InChI is InChI=1S/C24H25FN4O2/c1-14(2)27-23-26-13-19(25)21(28-23)16-7-9-17(10-8-16)22(31)29-24(12-20(24)30)18-6-4-5-15(3)11-18/h4-11,13-14,20,30H,12H2,1-3H3,(H,29,31)(H,26,27,28)/t20-,24?/m0/s1. The van der Waals surface area contributed by atoms with Gasteiger partial charge in [-0.3, -0.25) is 4.79 Å². The number of aryl methyl sites for hydroxylation is 1. The van der Waals surface area contributed by atoms with Gasteiger partial charge in [0.2, 0.25) is 5.95 Å². The zero-order chi connectivity index (χ0) is 22.2. The van der Waals surface area contributed by atoms with E-state index in [4.69, 9.17) is 0 Å². The molecular weight excluding hydrogens is 395 g/mol. The third-order valence-corrected chi connectivity index (χ3v) is 5.38. The molecule has 1 aliphatic carbocycles. The number of hydrogen-bond donors (Lipinski definition) is 3. The number of amides is 1. The third kappa shape index (κ3) is 4.27. The summed E-state index contributed by atoms with van der Waals surface area (Å²) in [5.74, 6) is -0.489. The summed E-state index contributed by atoms with van der Waals surface area (Å²) in [7, 11) is 0. The van der Waals surface area contributed by atoms with Crippen molar-refractivity contribution in [1.82, 2.24) is 15.3 Å². The molecule has 1 aliphatic rings. The largest absolute Gasteiger partial charge is 0.390 e. The number of halogens is 1. The van der Waals surface area contributed by atoms with Gasteiger partial charge < -0.3 is 15.7 Å². The molecule has 31 heavy (non-hydrogen) atoms. The van der Waals surface area contributed by atoms with Crippen molar-refractivity contribution in [1.29, 1.82) is 0 Å². The number of hydrogen-bond acceptors (Lipinski definition) is 5. The summed E-state index contributed by atoms with van der Waals surface area (Å²) in [5.41, 5.74) is 2.32. The van der Waals surface area contributed by atoms with E-state index in [2.05, 4.69) is 20.6 Å². The Kier molecular flexibility index (Phi) is 5.45. The second-order valence-corrected chi connectivity index (χ2v) is 8.28. The van der Waals surface area contributed by atoms with Gasteiger partial charge in [0, 0.05) is 23.6 Å². The summed E-state index contributed by atoms with van der Waals surface area (Å²) in [6, 6.07) is 14.4. The molecule has 1 heterocycles. The van der Waals surface area contributed by atoms with Crippen LogP contribution in [0.1, 0.15) is 41.8 Å². The quantitative estimate of drug-likeness (QED) is 0.565. The zero-order valence-electron chi connectivity index (χ0n) is 17.7. The summed E-state index contributed by atoms with van der Waals surface area (Å²) in [5, 5.41) is 16.3. The summed E-state index contributed by atoms with van der Waals surface area (Å²) in [6.07, 6.45) is 0.978. The van der Waals surface area contributed by atoms with Crippen LogP contribution in [0.25, 0.3) is 11.3 Å². The first-order chi connectivity index (χ1) is 14.8. The van der Waals surface area contributed by atoms with Gasteiger partial charge in [0.1, 0.15) is 5.69 Å². The van der Waals surface area contributed by atoms with Crippen LogP contribution in [0.4, 0.5) is 10.3 Å². The number of anilines is 1. The molecule has 2 atom stereocenters. The van der Waals surface area contributed by atoms with Crippen LogP contribution >= 0.6 is 0 Å². The van der Waals surface area contributed by atoms with Gasteiger partial charge in [-0.05, 0) is 38.5 Å². The maximum atomic E-state index is 14.3. The molecule has 3 aromatic rings. The average molecular weight is 420 g/mol. The summed E-state index contributed by atoms with van der Waals surface area (Å²) in [4.78, 5) is 21.1. The Balaban J connectivity index is 1.54. The first-order valence-electron chi connectivity index (χ1n) is 10.3. The zero-order valence-corrected chi connectivity index (χ0v) is 17.7. The van der Waals surface area contributed by atoms with Gasteiger partial charge in [-0.1, -0.05) is 42.0 Å².